The minimum Gasteiger partial charge on any atom is -0.491 e. The van der Waals surface area contributed by atoms with Gasteiger partial charge in [0.05, 0.1) is 5.60 Å². The van der Waals surface area contributed by atoms with Crippen molar-refractivity contribution < 1.29 is 9.47 Å². The molecule has 0 aliphatic rings. The minimum atomic E-state index is -0.264. The summed E-state index contributed by atoms with van der Waals surface area (Å²) in [5.74, 6) is 0.828. The van der Waals surface area contributed by atoms with Crippen LogP contribution in [0, 0.1) is 0 Å². The van der Waals surface area contributed by atoms with Crippen molar-refractivity contribution in [3.63, 3.8) is 0 Å². The van der Waals surface area contributed by atoms with Gasteiger partial charge < -0.3 is 9.47 Å². The second-order valence-electron chi connectivity index (χ2n) is 3.80. The molecule has 0 heterocycles. The molecule has 0 aromatic heterocycles. The summed E-state index contributed by atoms with van der Waals surface area (Å²) in [6.45, 7) is 4.49. The van der Waals surface area contributed by atoms with Crippen LogP contribution in [0.4, 0.5) is 0 Å². The predicted octanol–water partition coefficient (Wildman–Crippen LogP) is 3.74. The summed E-state index contributed by atoms with van der Waals surface area (Å²) >= 11 is 0. The van der Waals surface area contributed by atoms with E-state index in [1.54, 1.807) is 7.11 Å². The molecule has 0 N–H and O–H groups in total. The van der Waals surface area contributed by atoms with Gasteiger partial charge in [0, 0.05) is 12.0 Å². The highest BCUT2D eigenvalue weighted by Gasteiger charge is 2.16. The number of halogens is 1. The summed E-state index contributed by atoms with van der Waals surface area (Å²) < 4.78 is 10.8. The quantitative estimate of drug-likeness (QED) is 0.789. The third kappa shape index (κ3) is 4.33. The lowest BCUT2D eigenvalue weighted by molar-refractivity contribution is -0.0146. The lowest BCUT2D eigenvalue weighted by atomic mass is 10.1. The van der Waals surface area contributed by atoms with Gasteiger partial charge in [-0.3, -0.25) is 0 Å². The Morgan fingerprint density at radius 2 is 1.87 bits per heavy atom. The molecule has 84 valence electrons. The zero-order valence-corrected chi connectivity index (χ0v) is 10.7. The second-order valence-corrected chi connectivity index (χ2v) is 4.89. The molecule has 0 unspecified atom stereocenters. The predicted molar refractivity (Wildman–Crippen MR) is 64.7 cm³/mol. The Morgan fingerprint density at radius 1 is 1.27 bits per heavy atom. The fourth-order valence-corrected chi connectivity index (χ4v) is 1.45. The Hall–Kier alpha value is -0.380. The van der Waals surface area contributed by atoms with Crippen molar-refractivity contribution in [1.29, 1.82) is 0 Å². The fourth-order valence-electron chi connectivity index (χ4n) is 0.903. The molecule has 4 heteroatoms. The van der Waals surface area contributed by atoms with Crippen molar-refractivity contribution in [2.24, 2.45) is 0 Å². The highest BCUT2D eigenvalue weighted by atomic mass is 35.7. The van der Waals surface area contributed by atoms with E-state index in [0.29, 0.717) is 6.61 Å². The van der Waals surface area contributed by atoms with Crippen molar-refractivity contribution in [2.45, 2.75) is 24.3 Å². The molecule has 0 atom stereocenters. The Kier molecular flexibility index (Phi) is 4.77. The normalized spacial score (nSPS) is 11.5. The van der Waals surface area contributed by atoms with Crippen molar-refractivity contribution in [3.8, 4) is 5.75 Å². The molecule has 0 fully saturated rings. The standard InChI is InChI=1S/C11H15ClO2S/c1-11(2,13-3)8-14-9-4-6-10(15-12)7-5-9/h4-7H,8H2,1-3H3. The van der Waals surface area contributed by atoms with Gasteiger partial charge in [-0.05, 0) is 59.8 Å². The number of hydrogen-bond acceptors (Lipinski definition) is 3. The summed E-state index contributed by atoms with van der Waals surface area (Å²) in [5.41, 5.74) is -0.264. The maximum Gasteiger partial charge on any atom is 0.119 e. The summed E-state index contributed by atoms with van der Waals surface area (Å²) in [6.07, 6.45) is 0. The van der Waals surface area contributed by atoms with Crippen molar-refractivity contribution in [2.75, 3.05) is 13.7 Å². The summed E-state index contributed by atoms with van der Waals surface area (Å²) in [7, 11) is 8.48. The molecule has 1 aromatic carbocycles. The lowest BCUT2D eigenvalue weighted by Crippen LogP contribution is -2.30. The van der Waals surface area contributed by atoms with E-state index in [2.05, 4.69) is 0 Å². The van der Waals surface area contributed by atoms with Gasteiger partial charge in [-0.1, -0.05) is 0 Å². The summed E-state index contributed by atoms with van der Waals surface area (Å²) in [4.78, 5) is 1.01. The first-order valence-electron chi connectivity index (χ1n) is 4.64. The number of methoxy groups -OCH3 is 1. The molecule has 0 aliphatic heterocycles. The van der Waals surface area contributed by atoms with Crippen molar-refractivity contribution in [3.05, 3.63) is 24.3 Å². The molecule has 0 amide bonds. The second kappa shape index (κ2) is 5.64. The van der Waals surface area contributed by atoms with E-state index >= 15 is 0 Å². The van der Waals surface area contributed by atoms with Crippen LogP contribution in [0.3, 0.4) is 0 Å². The molecule has 0 spiro atoms. The largest absolute Gasteiger partial charge is 0.491 e. The highest BCUT2D eigenvalue weighted by molar-refractivity contribution is 8.21. The third-order valence-electron chi connectivity index (χ3n) is 2.05. The first kappa shape index (κ1) is 12.7. The van der Waals surface area contributed by atoms with Crippen LogP contribution in [0.5, 0.6) is 5.75 Å². The van der Waals surface area contributed by atoms with Crippen LogP contribution >= 0.6 is 21.7 Å². The van der Waals surface area contributed by atoms with E-state index in [0.717, 1.165) is 10.6 Å². The van der Waals surface area contributed by atoms with Crippen LogP contribution in [-0.4, -0.2) is 19.3 Å². The Labute approximate surface area is 99.4 Å². The maximum absolute atomic E-state index is 5.61. The first-order chi connectivity index (χ1) is 7.07. The van der Waals surface area contributed by atoms with Crippen LogP contribution in [0.25, 0.3) is 0 Å². The van der Waals surface area contributed by atoms with E-state index in [4.69, 9.17) is 20.2 Å². The zero-order valence-electron chi connectivity index (χ0n) is 9.12. The molecule has 0 aliphatic carbocycles. The summed E-state index contributed by atoms with van der Waals surface area (Å²) in [6, 6.07) is 7.65. The number of benzene rings is 1. The minimum absolute atomic E-state index is 0.264. The van der Waals surface area contributed by atoms with Gasteiger partial charge in [0.15, 0.2) is 0 Å². The summed E-state index contributed by atoms with van der Waals surface area (Å²) in [5, 5.41) is 0. The molecule has 1 aromatic rings. The Bertz CT molecular complexity index is 298. The van der Waals surface area contributed by atoms with Crippen molar-refractivity contribution >= 4 is 21.7 Å². The van der Waals surface area contributed by atoms with Gasteiger partial charge in [-0.25, -0.2) is 0 Å². The highest BCUT2D eigenvalue weighted by Crippen LogP contribution is 2.24. The Balaban J connectivity index is 2.51. The molecular formula is C11H15ClO2S. The third-order valence-corrected chi connectivity index (χ3v) is 3.04. The van der Waals surface area contributed by atoms with Gasteiger partial charge >= 0.3 is 0 Å². The van der Waals surface area contributed by atoms with Gasteiger partial charge in [-0.2, -0.15) is 0 Å². The van der Waals surface area contributed by atoms with Gasteiger partial charge in [-0.15, -0.1) is 0 Å². The van der Waals surface area contributed by atoms with Crippen LogP contribution in [0.2, 0.25) is 0 Å². The average Bonchev–Trinajstić information content (AvgIpc) is 2.27. The van der Waals surface area contributed by atoms with Gasteiger partial charge in [0.25, 0.3) is 0 Å². The first-order valence-corrected chi connectivity index (χ1v) is 6.28. The fraction of sp³-hybridized carbons (Fsp3) is 0.455. The van der Waals surface area contributed by atoms with E-state index in [1.807, 2.05) is 38.1 Å². The molecule has 0 radical (unpaired) electrons. The van der Waals surface area contributed by atoms with E-state index in [9.17, 15) is 0 Å². The molecule has 0 bridgehead atoms. The Morgan fingerprint density at radius 3 is 2.33 bits per heavy atom. The molecule has 15 heavy (non-hydrogen) atoms. The molecule has 2 nitrogen and oxygen atoms in total. The van der Waals surface area contributed by atoms with Gasteiger partial charge in [0.2, 0.25) is 0 Å². The SMILES string of the molecule is COC(C)(C)COc1ccc(SCl)cc1. The van der Waals surface area contributed by atoms with Crippen LogP contribution in [0.1, 0.15) is 13.8 Å². The van der Waals surface area contributed by atoms with Crippen LogP contribution < -0.4 is 4.74 Å². The van der Waals surface area contributed by atoms with E-state index in [-0.39, 0.29) is 5.60 Å². The van der Waals surface area contributed by atoms with Crippen LogP contribution in [0.15, 0.2) is 29.2 Å². The average molecular weight is 247 g/mol. The number of rotatable bonds is 5. The lowest BCUT2D eigenvalue weighted by Gasteiger charge is -2.22. The van der Waals surface area contributed by atoms with Gasteiger partial charge in [0.1, 0.15) is 12.4 Å². The number of hydrogen-bond donors (Lipinski definition) is 0. The monoisotopic (exact) mass is 246 g/mol. The topological polar surface area (TPSA) is 18.5 Å². The number of ether oxygens (including phenoxy) is 2. The smallest absolute Gasteiger partial charge is 0.119 e. The van der Waals surface area contributed by atoms with Crippen molar-refractivity contribution in [1.82, 2.24) is 0 Å². The molecule has 1 rings (SSSR count). The molecular weight excluding hydrogens is 232 g/mol. The van der Waals surface area contributed by atoms with Crippen LogP contribution in [-0.2, 0) is 4.74 Å². The van der Waals surface area contributed by atoms with E-state index in [1.165, 1.54) is 11.0 Å². The molecule has 0 saturated carbocycles. The molecule has 0 saturated heterocycles. The van der Waals surface area contributed by atoms with E-state index < -0.39 is 0 Å². The maximum atomic E-state index is 5.61. The zero-order chi connectivity index (χ0) is 11.3.